The number of thioether (sulfide) groups is 1. The quantitative estimate of drug-likeness (QED) is 0.475. The van der Waals surface area contributed by atoms with Crippen molar-refractivity contribution in [1.29, 1.82) is 0 Å². The number of thiophene rings is 2. The highest BCUT2D eigenvalue weighted by Crippen LogP contribution is 2.37. The zero-order valence-corrected chi connectivity index (χ0v) is 16.5. The summed E-state index contributed by atoms with van der Waals surface area (Å²) < 4.78 is 0.838. The maximum atomic E-state index is 12.7. The van der Waals surface area contributed by atoms with Crippen molar-refractivity contribution in [3.05, 3.63) is 39.1 Å². The molecule has 4 heterocycles. The minimum absolute atomic E-state index is 0.0259. The monoisotopic (exact) mass is 407 g/mol. The van der Waals surface area contributed by atoms with Crippen LogP contribution >= 0.6 is 45.8 Å². The number of aromatic amines is 1. The number of hydrogen-bond donors (Lipinski definition) is 2. The van der Waals surface area contributed by atoms with Crippen LogP contribution in [-0.2, 0) is 0 Å². The first kappa shape index (κ1) is 16.7. The smallest absolute Gasteiger partial charge is 0.260 e. The Morgan fingerprint density at radius 1 is 1.32 bits per heavy atom. The van der Waals surface area contributed by atoms with Gasteiger partial charge in [0.1, 0.15) is 10.7 Å². The summed E-state index contributed by atoms with van der Waals surface area (Å²) in [5.74, 6) is 0.656. The van der Waals surface area contributed by atoms with E-state index in [4.69, 9.17) is 0 Å². The Kier molecular flexibility index (Phi) is 4.59. The molecule has 2 N–H and O–H groups in total. The molecule has 10 heteroatoms. The lowest BCUT2D eigenvalue weighted by molar-refractivity contribution is 0.919. The Hall–Kier alpha value is -1.75. The van der Waals surface area contributed by atoms with E-state index in [1.807, 2.05) is 36.9 Å². The predicted molar refractivity (Wildman–Crippen MR) is 107 cm³/mol. The van der Waals surface area contributed by atoms with Crippen LogP contribution in [0.1, 0.15) is 18.0 Å². The van der Waals surface area contributed by atoms with Crippen LogP contribution in [0.5, 0.6) is 0 Å². The molecule has 0 saturated heterocycles. The van der Waals surface area contributed by atoms with Crippen molar-refractivity contribution >= 4 is 61.1 Å². The molecule has 0 bridgehead atoms. The molecule has 0 aliphatic carbocycles. The molecule has 0 unspecified atom stereocenters. The van der Waals surface area contributed by atoms with E-state index < -0.39 is 0 Å². The summed E-state index contributed by atoms with van der Waals surface area (Å²) in [5.41, 5.74) is 0.865. The maximum absolute atomic E-state index is 12.7. The summed E-state index contributed by atoms with van der Waals surface area (Å²) >= 11 is 6.14. The van der Waals surface area contributed by atoms with Crippen LogP contribution in [0.15, 0.2) is 32.0 Å². The molecule has 0 radical (unpaired) electrons. The number of hydrogen-bond acceptors (Lipinski definition) is 9. The third kappa shape index (κ3) is 3.22. The molecular weight excluding hydrogens is 394 g/mol. The van der Waals surface area contributed by atoms with Gasteiger partial charge in [0, 0.05) is 22.9 Å². The fourth-order valence-electron chi connectivity index (χ4n) is 2.34. The maximum Gasteiger partial charge on any atom is 0.260 e. The Balaban J connectivity index is 1.68. The number of nitrogens with one attached hydrogen (secondary N) is 2. The van der Waals surface area contributed by atoms with Crippen LogP contribution < -0.4 is 10.9 Å². The van der Waals surface area contributed by atoms with E-state index in [9.17, 15) is 4.79 Å². The number of nitrogens with zero attached hydrogens (tertiary/aromatic N) is 3. The van der Waals surface area contributed by atoms with Gasteiger partial charge >= 0.3 is 0 Å². The molecule has 0 aliphatic heterocycles. The Bertz CT molecular complexity index is 1070. The molecule has 4 rings (SSSR count). The normalized spacial score (nSPS) is 12.6. The third-order valence-electron chi connectivity index (χ3n) is 3.53. The molecule has 128 valence electrons. The first-order chi connectivity index (χ1) is 12.2. The molecule has 25 heavy (non-hydrogen) atoms. The van der Waals surface area contributed by atoms with Crippen LogP contribution in [0, 0.1) is 0 Å². The van der Waals surface area contributed by atoms with Crippen LogP contribution in [0.3, 0.4) is 0 Å². The van der Waals surface area contributed by atoms with E-state index >= 15 is 0 Å². The lowest BCUT2D eigenvalue weighted by atomic mass is 10.2. The third-order valence-corrected chi connectivity index (χ3v) is 7.44. The Morgan fingerprint density at radius 3 is 2.92 bits per heavy atom. The number of H-pyrrole nitrogens is 1. The van der Waals surface area contributed by atoms with Crippen LogP contribution in [-0.4, -0.2) is 27.2 Å². The van der Waals surface area contributed by atoms with Crippen LogP contribution in [0.25, 0.3) is 20.7 Å². The summed E-state index contributed by atoms with van der Waals surface area (Å²) in [5, 5.41) is 16.6. The van der Waals surface area contributed by atoms with Crippen LogP contribution in [0.2, 0.25) is 0 Å². The second kappa shape index (κ2) is 6.87. The highest BCUT2D eigenvalue weighted by Gasteiger charge is 2.18. The van der Waals surface area contributed by atoms with Gasteiger partial charge in [-0.3, -0.25) is 4.79 Å². The van der Waals surface area contributed by atoms with E-state index in [-0.39, 0.29) is 10.8 Å². The number of rotatable bonds is 5. The fraction of sp³-hybridized carbons (Fsp3) is 0.200. The zero-order valence-electron chi connectivity index (χ0n) is 13.3. The fourth-order valence-corrected chi connectivity index (χ4v) is 6.01. The molecule has 4 aromatic heterocycles. The molecule has 6 nitrogen and oxygen atoms in total. The molecule has 0 aliphatic rings. The average Bonchev–Trinajstić information content (AvgIpc) is 3.34. The molecule has 4 aromatic rings. The standard InChI is InChI=1S/C15H13N5OS4/c1-7(24-15-20-19-14(16-2)25-15)11-17-12(21)10-8(6-23-13(10)18-11)9-4-3-5-22-9/h3-7H,1-2H3,(H,16,19)(H,17,18,21)/t7-/m1/s1. The van der Waals surface area contributed by atoms with Crippen LogP contribution in [0.4, 0.5) is 5.13 Å². The summed E-state index contributed by atoms with van der Waals surface area (Å²) in [7, 11) is 1.81. The van der Waals surface area contributed by atoms with Gasteiger partial charge in [-0.05, 0) is 18.4 Å². The van der Waals surface area contributed by atoms with Gasteiger partial charge in [0.25, 0.3) is 5.56 Å². The second-order valence-corrected chi connectivity index (χ2v) is 9.51. The number of fused-ring (bicyclic) bond motifs is 1. The highest BCUT2D eigenvalue weighted by atomic mass is 32.2. The average molecular weight is 408 g/mol. The van der Waals surface area contributed by atoms with Gasteiger partial charge in [-0.2, -0.15) is 0 Å². The van der Waals surface area contributed by atoms with E-state index in [2.05, 4.69) is 25.5 Å². The van der Waals surface area contributed by atoms with E-state index in [1.54, 1.807) is 11.3 Å². The van der Waals surface area contributed by atoms with Gasteiger partial charge in [-0.15, -0.1) is 32.9 Å². The molecule has 0 fully saturated rings. The summed E-state index contributed by atoms with van der Waals surface area (Å²) in [6.07, 6.45) is 0. The Labute approximate surface area is 159 Å². The molecular formula is C15H13N5OS4. The first-order valence-corrected chi connectivity index (χ1v) is 10.8. The predicted octanol–water partition coefficient (Wildman–Crippen LogP) is 4.46. The van der Waals surface area contributed by atoms with Gasteiger partial charge in [0.15, 0.2) is 4.34 Å². The van der Waals surface area contributed by atoms with E-state index in [0.29, 0.717) is 11.2 Å². The van der Waals surface area contributed by atoms with Gasteiger partial charge in [0.05, 0.1) is 10.6 Å². The van der Waals surface area contributed by atoms with Gasteiger partial charge in [-0.1, -0.05) is 29.2 Å². The van der Waals surface area contributed by atoms with Crippen molar-refractivity contribution in [2.75, 3.05) is 12.4 Å². The van der Waals surface area contributed by atoms with Gasteiger partial charge in [-0.25, -0.2) is 4.98 Å². The highest BCUT2D eigenvalue weighted by molar-refractivity contribution is 8.01. The number of anilines is 1. The van der Waals surface area contributed by atoms with Crippen molar-refractivity contribution in [2.45, 2.75) is 16.5 Å². The lowest BCUT2D eigenvalue weighted by Crippen LogP contribution is -2.12. The molecule has 0 saturated carbocycles. The zero-order chi connectivity index (χ0) is 17.4. The minimum Gasteiger partial charge on any atom is -0.363 e. The van der Waals surface area contributed by atoms with Crippen molar-refractivity contribution in [3.8, 4) is 10.4 Å². The second-order valence-electron chi connectivity index (χ2n) is 5.14. The number of aromatic nitrogens is 4. The summed E-state index contributed by atoms with van der Waals surface area (Å²) in [6.45, 7) is 2.00. The van der Waals surface area contributed by atoms with Crippen molar-refractivity contribution in [3.63, 3.8) is 0 Å². The van der Waals surface area contributed by atoms with Crippen molar-refractivity contribution in [1.82, 2.24) is 20.2 Å². The topological polar surface area (TPSA) is 83.6 Å². The van der Waals surface area contributed by atoms with Crippen molar-refractivity contribution in [2.24, 2.45) is 0 Å². The SMILES string of the molecule is CNc1nnc(S[C@H](C)c2nc3scc(-c4cccs4)c3c(=O)[nH]2)s1. The molecule has 0 spiro atoms. The molecule has 0 amide bonds. The Morgan fingerprint density at radius 2 is 2.20 bits per heavy atom. The lowest BCUT2D eigenvalue weighted by Gasteiger charge is -2.08. The summed E-state index contributed by atoms with van der Waals surface area (Å²) in [6, 6.07) is 4.01. The molecule has 1 atom stereocenters. The summed E-state index contributed by atoms with van der Waals surface area (Å²) in [4.78, 5) is 22.1. The minimum atomic E-state index is -0.0923. The van der Waals surface area contributed by atoms with Gasteiger partial charge < -0.3 is 10.3 Å². The van der Waals surface area contributed by atoms with E-state index in [1.165, 1.54) is 34.4 Å². The first-order valence-electron chi connectivity index (χ1n) is 7.39. The van der Waals surface area contributed by atoms with Crippen molar-refractivity contribution < 1.29 is 0 Å². The van der Waals surface area contributed by atoms with Gasteiger partial charge in [0.2, 0.25) is 5.13 Å². The largest absolute Gasteiger partial charge is 0.363 e. The van der Waals surface area contributed by atoms with E-state index in [0.717, 1.165) is 24.7 Å². The molecule has 0 aromatic carbocycles.